The van der Waals surface area contributed by atoms with Crippen LogP contribution in [0.15, 0.2) is 0 Å². The molecule has 1 aromatic rings. The van der Waals surface area contributed by atoms with Crippen LogP contribution in [0.3, 0.4) is 0 Å². The fourth-order valence-corrected chi connectivity index (χ4v) is 0.690. The van der Waals surface area contributed by atoms with Crippen molar-refractivity contribution >= 4 is 27.8 Å². The number of carbonyl (C=O) groups is 1. The number of carbonyl (C=O) groups excluding carboxylic acids is 1. The van der Waals surface area contributed by atoms with E-state index in [9.17, 15) is 4.79 Å². The van der Waals surface area contributed by atoms with Crippen LogP contribution in [0.5, 0.6) is 0 Å². The van der Waals surface area contributed by atoms with E-state index in [0.29, 0.717) is 0 Å². The van der Waals surface area contributed by atoms with E-state index in [0.717, 1.165) is 0 Å². The number of aromatic nitrogens is 4. The Balaban J connectivity index is 2.62. The van der Waals surface area contributed by atoms with Crippen LogP contribution in [0.2, 0.25) is 0 Å². The number of anilines is 1. The van der Waals surface area contributed by atoms with Crippen molar-refractivity contribution in [1.29, 1.82) is 0 Å². The van der Waals surface area contributed by atoms with Gasteiger partial charge in [0, 0.05) is 21.9 Å². The Labute approximate surface area is 76.5 Å². The first kappa shape index (κ1) is 8.67. The minimum absolute atomic E-state index is 0.137. The third kappa shape index (κ3) is 2.32. The number of nitrogens with zero attached hydrogens (tertiary/aromatic N) is 4. The zero-order valence-electron chi connectivity index (χ0n) is 6.08. The molecule has 0 fully saturated rings. The second-order valence-corrected chi connectivity index (χ2v) is 2.17. The van der Waals surface area contributed by atoms with Gasteiger partial charge < -0.3 is 0 Å². The Morgan fingerprint density at radius 2 is 2.50 bits per heavy atom. The van der Waals surface area contributed by atoms with E-state index in [4.69, 9.17) is 0 Å². The van der Waals surface area contributed by atoms with Gasteiger partial charge >= 0.3 is 5.91 Å². The van der Waals surface area contributed by atoms with Crippen LogP contribution in [-0.2, 0) is 11.8 Å². The zero-order chi connectivity index (χ0) is 8.97. The smallest absolute Gasteiger partial charge is 0.281 e. The van der Waals surface area contributed by atoms with Gasteiger partial charge in [-0.15, -0.1) is 5.10 Å². The molecule has 1 amide bonds. The number of tetrazole rings is 1. The van der Waals surface area contributed by atoms with Crippen molar-refractivity contribution in [2.75, 3.05) is 5.32 Å². The van der Waals surface area contributed by atoms with Gasteiger partial charge in [-0.2, -0.15) is 4.80 Å². The van der Waals surface area contributed by atoms with Crippen molar-refractivity contribution in [2.45, 2.75) is 0 Å². The molecule has 12 heavy (non-hydrogen) atoms. The van der Waals surface area contributed by atoms with Crippen molar-refractivity contribution in [1.82, 2.24) is 20.2 Å². The third-order valence-corrected chi connectivity index (χ3v) is 1.09. The molecule has 0 aliphatic rings. The van der Waals surface area contributed by atoms with E-state index in [1.165, 1.54) is 4.80 Å². The zero-order valence-corrected chi connectivity index (χ0v) is 7.66. The average molecular weight is 230 g/mol. The Morgan fingerprint density at radius 1 is 1.75 bits per heavy atom. The number of hydrogen-bond donors (Lipinski definition) is 1. The molecule has 0 spiro atoms. The summed E-state index contributed by atoms with van der Waals surface area (Å²) in [5.74, 6) is 1.85. The first-order valence-electron chi connectivity index (χ1n) is 2.89. The molecule has 0 aromatic carbocycles. The highest BCUT2D eigenvalue weighted by Crippen LogP contribution is 1.90. The molecule has 0 aliphatic heterocycles. The van der Waals surface area contributed by atoms with Crippen LogP contribution in [0.25, 0.3) is 0 Å². The summed E-state index contributed by atoms with van der Waals surface area (Å²) in [4.78, 5) is 14.3. The van der Waals surface area contributed by atoms with Gasteiger partial charge in [0.1, 0.15) is 0 Å². The average Bonchev–Trinajstić information content (AvgIpc) is 2.36. The maximum absolute atomic E-state index is 10.8. The molecule has 0 saturated heterocycles. The summed E-state index contributed by atoms with van der Waals surface area (Å²) < 4.78 is 0. The van der Waals surface area contributed by atoms with Crippen LogP contribution in [0.1, 0.15) is 0 Å². The summed E-state index contributed by atoms with van der Waals surface area (Å²) in [5.41, 5.74) is 0. The first-order valence-corrected chi connectivity index (χ1v) is 3.68. The molecule has 62 valence electrons. The molecule has 6 nitrogen and oxygen atoms in total. The molecule has 1 N–H and O–H groups in total. The third-order valence-electron chi connectivity index (χ3n) is 0.894. The summed E-state index contributed by atoms with van der Waals surface area (Å²) in [7, 11) is 1.60. The summed E-state index contributed by atoms with van der Waals surface area (Å²) in [6.07, 6.45) is 0. The van der Waals surface area contributed by atoms with Gasteiger partial charge in [0.15, 0.2) is 0 Å². The molecule has 1 rings (SSSR count). The Bertz CT molecular complexity index is 348. The Morgan fingerprint density at radius 3 is 3.00 bits per heavy atom. The highest BCUT2D eigenvalue weighted by molar-refractivity contribution is 9.12. The standard InChI is InChI=1S/C5H4BrN5O/c1-11-9-5(8-10-11)7-4(12)2-3-6/h1H3,(H,7,9,12). The summed E-state index contributed by atoms with van der Waals surface area (Å²) in [6.45, 7) is 0. The normalized spacial score (nSPS) is 8.50. The minimum atomic E-state index is -0.486. The lowest BCUT2D eigenvalue weighted by Gasteiger charge is -1.88. The van der Waals surface area contributed by atoms with Crippen LogP contribution >= 0.6 is 15.9 Å². The monoisotopic (exact) mass is 229 g/mol. The maximum atomic E-state index is 10.8. The number of halogens is 1. The van der Waals surface area contributed by atoms with Crippen LogP contribution < -0.4 is 5.32 Å². The van der Waals surface area contributed by atoms with Crippen molar-refractivity contribution < 1.29 is 4.79 Å². The number of rotatable bonds is 1. The summed E-state index contributed by atoms with van der Waals surface area (Å²) in [6, 6.07) is 0. The van der Waals surface area contributed by atoms with Gasteiger partial charge in [-0.25, -0.2) is 0 Å². The van der Waals surface area contributed by atoms with Crippen molar-refractivity contribution in [2.24, 2.45) is 7.05 Å². The lowest BCUT2D eigenvalue weighted by Crippen LogP contribution is -2.09. The quantitative estimate of drug-likeness (QED) is 0.660. The maximum Gasteiger partial charge on any atom is 0.303 e. The van der Waals surface area contributed by atoms with Gasteiger partial charge in [-0.3, -0.25) is 10.1 Å². The number of aryl methyl sites for hydroxylation is 1. The minimum Gasteiger partial charge on any atom is -0.281 e. The number of hydrogen-bond acceptors (Lipinski definition) is 4. The van der Waals surface area contributed by atoms with E-state index in [2.05, 4.69) is 47.4 Å². The molecule has 0 aliphatic carbocycles. The van der Waals surface area contributed by atoms with E-state index >= 15 is 0 Å². The highest BCUT2D eigenvalue weighted by Gasteiger charge is 2.02. The van der Waals surface area contributed by atoms with E-state index in [1.54, 1.807) is 7.05 Å². The molecular formula is C5H4BrN5O. The second-order valence-electron chi connectivity index (χ2n) is 1.78. The first-order chi connectivity index (χ1) is 5.72. The van der Waals surface area contributed by atoms with Crippen LogP contribution in [0, 0.1) is 10.8 Å². The van der Waals surface area contributed by atoms with Crippen molar-refractivity contribution in [3.05, 3.63) is 0 Å². The van der Waals surface area contributed by atoms with E-state index in [1.807, 2.05) is 0 Å². The summed E-state index contributed by atoms with van der Waals surface area (Å²) >= 11 is 2.78. The van der Waals surface area contributed by atoms with Crippen LogP contribution in [0.4, 0.5) is 5.95 Å². The fraction of sp³-hybridized carbons (Fsp3) is 0.200. The Kier molecular flexibility index (Phi) is 2.76. The SMILES string of the molecule is Cn1nnc(NC(=O)C#CBr)n1. The molecule has 1 heterocycles. The second kappa shape index (κ2) is 3.82. The van der Waals surface area contributed by atoms with Crippen molar-refractivity contribution in [3.8, 4) is 10.8 Å². The molecule has 0 bridgehead atoms. The molecule has 0 atom stereocenters. The molecule has 1 aromatic heterocycles. The summed E-state index contributed by atoms with van der Waals surface area (Å²) in [5, 5.41) is 13.1. The van der Waals surface area contributed by atoms with Crippen LogP contribution in [-0.4, -0.2) is 26.1 Å². The van der Waals surface area contributed by atoms with Crippen molar-refractivity contribution in [3.63, 3.8) is 0 Å². The molecule has 0 saturated carbocycles. The van der Waals surface area contributed by atoms with E-state index < -0.39 is 5.91 Å². The topological polar surface area (TPSA) is 72.7 Å². The molecular weight excluding hydrogens is 226 g/mol. The van der Waals surface area contributed by atoms with Gasteiger partial charge in [-0.05, 0) is 10.0 Å². The lowest BCUT2D eigenvalue weighted by molar-refractivity contribution is -0.111. The Hall–Kier alpha value is -1.42. The van der Waals surface area contributed by atoms with E-state index in [-0.39, 0.29) is 5.95 Å². The van der Waals surface area contributed by atoms with Gasteiger partial charge in [0.05, 0.1) is 7.05 Å². The van der Waals surface area contributed by atoms with Gasteiger partial charge in [0.25, 0.3) is 5.95 Å². The molecule has 0 radical (unpaired) electrons. The highest BCUT2D eigenvalue weighted by atomic mass is 79.9. The van der Waals surface area contributed by atoms with Gasteiger partial charge in [-0.1, -0.05) is 5.10 Å². The number of nitrogens with one attached hydrogen (secondary N) is 1. The fourth-order valence-electron chi connectivity index (χ4n) is 0.510. The predicted octanol–water partition coefficient (Wildman–Crippen LogP) is -0.496. The number of amides is 1. The molecule has 7 heteroatoms. The molecule has 0 unspecified atom stereocenters. The predicted molar refractivity (Wildman–Crippen MR) is 44.1 cm³/mol. The lowest BCUT2D eigenvalue weighted by atomic mass is 10.6. The van der Waals surface area contributed by atoms with Gasteiger partial charge in [0.2, 0.25) is 0 Å². The largest absolute Gasteiger partial charge is 0.303 e.